The first-order chi connectivity index (χ1) is 7.90. The van der Waals surface area contributed by atoms with Gasteiger partial charge in [0.25, 0.3) is 0 Å². The van der Waals surface area contributed by atoms with Crippen LogP contribution in [0.2, 0.25) is 0 Å². The van der Waals surface area contributed by atoms with Gasteiger partial charge < -0.3 is 12.6 Å². The summed E-state index contributed by atoms with van der Waals surface area (Å²) < 4.78 is 12.4. The van der Waals surface area contributed by atoms with Gasteiger partial charge in [-0.3, -0.25) is 4.98 Å². The number of nitrogens with zero attached hydrogens (tertiary/aromatic N) is 1. The Labute approximate surface area is 117 Å². The number of alkyl halides is 1. The molecule has 0 fully saturated rings. The molecule has 0 N–H and O–H groups in total. The van der Waals surface area contributed by atoms with Crippen LogP contribution in [-0.4, -0.2) is 11.2 Å². The monoisotopic (exact) mass is 297 g/mol. The first kappa shape index (κ1) is 16.2. The average Bonchev–Trinajstić information content (AvgIpc) is 2.42. The molecule has 0 spiro atoms. The summed E-state index contributed by atoms with van der Waals surface area (Å²) in [6.07, 6.45) is 1.58. The van der Waals surface area contributed by atoms with Gasteiger partial charge in [-0.15, -0.1) is 0 Å². The van der Waals surface area contributed by atoms with Crippen LogP contribution in [0.5, 0.6) is 0 Å². The Kier molecular flexibility index (Phi) is 8.77. The molecule has 0 unspecified atom stereocenters. The summed E-state index contributed by atoms with van der Waals surface area (Å²) >= 11 is 4.08. The van der Waals surface area contributed by atoms with Crippen molar-refractivity contribution in [1.82, 2.24) is 4.98 Å². The fourth-order valence-corrected chi connectivity index (χ4v) is 1.32. The van der Waals surface area contributed by atoms with Crippen molar-refractivity contribution < 1.29 is 21.5 Å². The third-order valence-electron chi connectivity index (χ3n) is 2.01. The molecule has 4 heteroatoms. The second-order valence-corrected chi connectivity index (χ2v) is 3.01. The fraction of sp³-hybridized carbons (Fsp3) is 0.154. The maximum Gasteiger partial charge on any atom is 1.00 e. The van der Waals surface area contributed by atoms with Crippen molar-refractivity contribution in [2.75, 3.05) is 6.26 Å². The zero-order valence-corrected chi connectivity index (χ0v) is 11.1. The van der Waals surface area contributed by atoms with Crippen LogP contribution in [0, 0.1) is 0 Å². The van der Waals surface area contributed by atoms with Crippen molar-refractivity contribution in [2.24, 2.45) is 0 Å². The van der Waals surface area contributed by atoms with Gasteiger partial charge in [0, 0.05) is 5.56 Å². The number of hydrogen-bond donors (Lipinski definition) is 0. The second kappa shape index (κ2) is 9.23. The van der Waals surface area contributed by atoms with E-state index in [1.54, 1.807) is 12.3 Å². The van der Waals surface area contributed by atoms with Gasteiger partial charge in [0.2, 0.25) is 0 Å². The number of benzene rings is 1. The summed E-state index contributed by atoms with van der Waals surface area (Å²) in [7, 11) is 0. The van der Waals surface area contributed by atoms with Crippen LogP contribution in [0.4, 0.5) is 4.39 Å². The molecule has 2 rings (SSSR count). The van der Waals surface area contributed by atoms with E-state index in [-0.39, 0.29) is 17.1 Å². The summed E-state index contributed by atoms with van der Waals surface area (Å²) in [6.45, 7) is -0.513. The van der Waals surface area contributed by atoms with Crippen LogP contribution in [0.25, 0.3) is 11.3 Å². The third kappa shape index (κ3) is 4.90. The fourth-order valence-electron chi connectivity index (χ4n) is 1.32. The first-order valence-corrected chi connectivity index (χ1v) is 5.70. The number of pyridine rings is 1. The van der Waals surface area contributed by atoms with E-state index in [0.29, 0.717) is 5.69 Å². The summed E-state index contributed by atoms with van der Waals surface area (Å²) in [5.74, 6) is 0. The molecule has 2 aromatic rings. The molecule has 94 valence electrons. The van der Waals surface area contributed by atoms with E-state index in [4.69, 9.17) is 0 Å². The molecule has 1 heterocycles. The summed E-state index contributed by atoms with van der Waals surface area (Å²) in [5, 5.41) is 0. The van der Waals surface area contributed by atoms with Gasteiger partial charge in [0.15, 0.2) is 0 Å². The van der Waals surface area contributed by atoms with Crippen LogP contribution in [0.3, 0.4) is 0 Å². The smallest absolute Gasteiger partial charge is 0.796 e. The Hall–Kier alpha value is -0.831. The Morgan fingerprint density at radius 3 is 2.24 bits per heavy atom. The minimum absolute atomic E-state index is 0. The maximum absolute atomic E-state index is 12.4. The molecule has 0 saturated carbocycles. The van der Waals surface area contributed by atoms with Gasteiger partial charge >= 0.3 is 17.1 Å². The molecule has 0 amide bonds. The van der Waals surface area contributed by atoms with E-state index in [0.717, 1.165) is 11.3 Å². The maximum atomic E-state index is 12.4. The molecular weight excluding hydrogens is 285 g/mol. The first-order valence-electron chi connectivity index (χ1n) is 4.88. The van der Waals surface area contributed by atoms with Crippen LogP contribution in [0.15, 0.2) is 48.5 Å². The van der Waals surface area contributed by atoms with Crippen molar-refractivity contribution in [3.05, 3.63) is 54.2 Å². The van der Waals surface area contributed by atoms with Crippen molar-refractivity contribution in [1.29, 1.82) is 0 Å². The normalized spacial score (nSPS) is 8.65. The summed E-state index contributed by atoms with van der Waals surface area (Å²) in [5.41, 5.74) is 2.31. The molecule has 1 aromatic heterocycles. The zero-order chi connectivity index (χ0) is 11.8. The van der Waals surface area contributed by atoms with Gasteiger partial charge in [0.05, 0.1) is 11.4 Å². The predicted molar refractivity (Wildman–Crippen MR) is 67.8 cm³/mol. The van der Waals surface area contributed by atoms with Crippen LogP contribution < -0.4 is 0 Å². The van der Waals surface area contributed by atoms with Crippen molar-refractivity contribution >= 4 is 12.6 Å². The van der Waals surface area contributed by atoms with E-state index in [1.165, 1.54) is 0 Å². The molecule has 17 heavy (non-hydrogen) atoms. The Balaban J connectivity index is 0.000000811. The third-order valence-corrected chi connectivity index (χ3v) is 2.01. The van der Waals surface area contributed by atoms with E-state index in [2.05, 4.69) is 17.6 Å². The topological polar surface area (TPSA) is 12.9 Å². The molecule has 0 aliphatic heterocycles. The number of rotatable bonds is 2. The average molecular weight is 298 g/mol. The van der Waals surface area contributed by atoms with Crippen molar-refractivity contribution in [2.45, 2.75) is 6.67 Å². The number of aromatic nitrogens is 1. The van der Waals surface area contributed by atoms with E-state index < -0.39 is 6.67 Å². The van der Waals surface area contributed by atoms with E-state index in [9.17, 15) is 4.39 Å². The molecule has 0 aliphatic rings. The molecular formula is C13H13CuFNS. The molecule has 1 nitrogen and oxygen atoms in total. The Morgan fingerprint density at radius 2 is 1.65 bits per heavy atom. The van der Waals surface area contributed by atoms with Gasteiger partial charge in [-0.05, 0) is 12.1 Å². The van der Waals surface area contributed by atoms with Crippen LogP contribution in [0.1, 0.15) is 5.69 Å². The zero-order valence-electron chi connectivity index (χ0n) is 9.36. The molecule has 0 radical (unpaired) electrons. The SMILES string of the molecule is C[S-].FCc1cccc(-c2ccccc2)n1.[Cu+]. The molecule has 1 aromatic carbocycles. The van der Waals surface area contributed by atoms with Gasteiger partial charge in [-0.25, -0.2) is 4.39 Å². The number of hydrogen-bond acceptors (Lipinski definition) is 2. The van der Waals surface area contributed by atoms with Crippen molar-refractivity contribution in [3.63, 3.8) is 0 Å². The molecule has 0 bridgehead atoms. The quantitative estimate of drug-likeness (QED) is 0.623. The predicted octanol–water partition coefficient (Wildman–Crippen LogP) is 3.38. The van der Waals surface area contributed by atoms with Gasteiger partial charge in [-0.1, -0.05) is 36.4 Å². The molecule has 0 saturated heterocycles. The van der Waals surface area contributed by atoms with Crippen LogP contribution >= 0.6 is 0 Å². The van der Waals surface area contributed by atoms with E-state index in [1.807, 2.05) is 42.5 Å². The van der Waals surface area contributed by atoms with E-state index >= 15 is 0 Å². The van der Waals surface area contributed by atoms with Crippen LogP contribution in [-0.2, 0) is 36.4 Å². The van der Waals surface area contributed by atoms with Crippen molar-refractivity contribution in [3.8, 4) is 11.3 Å². The largest absolute Gasteiger partial charge is 1.00 e. The standard InChI is InChI=1S/C12H10FN.CH4S.Cu/c13-9-11-7-4-8-12(14-11)10-5-2-1-3-6-10;1-2;/h1-8H,9H2;2H,1H3;/q;;+1/p-1. The Morgan fingerprint density at radius 1 is 1.00 bits per heavy atom. The minimum Gasteiger partial charge on any atom is -0.796 e. The molecule has 0 atom stereocenters. The van der Waals surface area contributed by atoms with Gasteiger partial charge in [0.1, 0.15) is 6.67 Å². The number of halogens is 1. The Bertz CT molecular complexity index is 423. The molecule has 0 aliphatic carbocycles. The second-order valence-electron chi connectivity index (χ2n) is 3.01. The van der Waals surface area contributed by atoms with Gasteiger partial charge in [-0.2, -0.15) is 6.26 Å². The summed E-state index contributed by atoms with van der Waals surface area (Å²) in [6, 6.07) is 15.2. The summed E-state index contributed by atoms with van der Waals surface area (Å²) in [4.78, 5) is 4.19. The minimum atomic E-state index is -0.513.